The molecule has 8 heteroatoms. The van der Waals surface area contributed by atoms with Crippen LogP contribution in [0.15, 0.2) is 54.7 Å². The fourth-order valence-corrected chi connectivity index (χ4v) is 5.13. The van der Waals surface area contributed by atoms with Gasteiger partial charge in [0.25, 0.3) is 0 Å². The number of fused-ring (bicyclic) bond motifs is 1. The molecule has 31 heavy (non-hydrogen) atoms. The first kappa shape index (κ1) is 20.8. The molecule has 0 aliphatic carbocycles. The smallest absolute Gasteiger partial charge is 0.238 e. The maximum atomic E-state index is 13.4. The second-order valence-corrected chi connectivity index (χ2v) is 9.62. The summed E-state index contributed by atoms with van der Waals surface area (Å²) in [5, 5.41) is 9.74. The minimum atomic E-state index is -3.63. The Kier molecular flexibility index (Phi) is 5.61. The van der Waals surface area contributed by atoms with Crippen molar-refractivity contribution in [1.29, 1.82) is 5.26 Å². The van der Waals surface area contributed by atoms with Gasteiger partial charge in [-0.25, -0.2) is 12.8 Å². The Morgan fingerprint density at radius 2 is 1.97 bits per heavy atom. The fraction of sp³-hybridized carbons (Fsp3) is 0.217. The minimum absolute atomic E-state index is 0.245. The molecule has 1 aliphatic heterocycles. The van der Waals surface area contributed by atoms with Crippen LogP contribution in [-0.4, -0.2) is 43.1 Å². The molecule has 158 valence electrons. The largest absolute Gasteiger partial charge is 0.360 e. The highest BCUT2D eigenvalue weighted by molar-refractivity contribution is 7.91. The van der Waals surface area contributed by atoms with Crippen LogP contribution in [-0.2, 0) is 20.4 Å². The highest BCUT2D eigenvalue weighted by atomic mass is 32.2. The summed E-state index contributed by atoms with van der Waals surface area (Å²) in [5.74, 6) is -1.53. The lowest BCUT2D eigenvalue weighted by atomic mass is 9.99. The summed E-state index contributed by atoms with van der Waals surface area (Å²) in [7, 11) is -3.63. The molecule has 2 heterocycles. The molecule has 0 fully saturated rings. The van der Waals surface area contributed by atoms with Gasteiger partial charge in [0, 0.05) is 35.8 Å². The van der Waals surface area contributed by atoms with E-state index in [0.29, 0.717) is 36.2 Å². The summed E-state index contributed by atoms with van der Waals surface area (Å²) < 4.78 is 38.3. The van der Waals surface area contributed by atoms with Crippen molar-refractivity contribution in [1.82, 2.24) is 9.88 Å². The van der Waals surface area contributed by atoms with Crippen molar-refractivity contribution >= 4 is 32.2 Å². The molecule has 4 rings (SSSR count). The van der Waals surface area contributed by atoms with Crippen molar-refractivity contribution in [2.75, 3.05) is 18.8 Å². The number of amides is 1. The molecule has 1 aromatic heterocycles. The van der Waals surface area contributed by atoms with Crippen molar-refractivity contribution in [2.45, 2.75) is 12.2 Å². The summed E-state index contributed by atoms with van der Waals surface area (Å²) in [5.41, 5.74) is 3.72. The number of aromatic amines is 1. The number of nitrogens with zero attached hydrogens (tertiary/aromatic N) is 2. The minimum Gasteiger partial charge on any atom is -0.360 e. The molecule has 3 aromatic rings. The van der Waals surface area contributed by atoms with Crippen LogP contribution in [0.1, 0.15) is 23.1 Å². The van der Waals surface area contributed by atoms with E-state index in [1.54, 1.807) is 30.3 Å². The third-order valence-corrected chi connectivity index (χ3v) is 6.82. The average molecular weight is 437 g/mol. The third kappa shape index (κ3) is 4.67. The SMILES string of the molecule is N#Cc1ccc(CS(=O)(=O)CC(=O)N2CC=C(c3c[nH]c4cc(F)ccc34)CC2)cc1. The Morgan fingerprint density at radius 1 is 1.19 bits per heavy atom. The molecule has 1 N–H and O–H groups in total. The van der Waals surface area contributed by atoms with Gasteiger partial charge in [0.1, 0.15) is 11.6 Å². The second-order valence-electron chi connectivity index (χ2n) is 7.55. The molecule has 0 atom stereocenters. The Labute approximate surface area is 179 Å². The average Bonchev–Trinajstić information content (AvgIpc) is 3.16. The van der Waals surface area contributed by atoms with Gasteiger partial charge in [-0.1, -0.05) is 18.2 Å². The predicted octanol–water partition coefficient (Wildman–Crippen LogP) is 3.41. The number of rotatable bonds is 5. The normalized spacial score (nSPS) is 14.3. The first-order chi connectivity index (χ1) is 14.8. The van der Waals surface area contributed by atoms with E-state index in [4.69, 9.17) is 5.26 Å². The molecule has 0 saturated heterocycles. The van der Waals surface area contributed by atoms with Gasteiger partial charge in [0.15, 0.2) is 9.84 Å². The van der Waals surface area contributed by atoms with Gasteiger partial charge in [-0.05, 0) is 47.9 Å². The molecule has 0 unspecified atom stereocenters. The molecule has 0 bridgehead atoms. The van der Waals surface area contributed by atoms with E-state index < -0.39 is 21.5 Å². The fourth-order valence-electron chi connectivity index (χ4n) is 3.76. The standard InChI is InChI=1S/C23H20FN3O3S/c24-19-5-6-20-21(13-26-22(20)11-19)18-7-9-27(10-8-18)23(28)15-31(29,30)14-17-3-1-16(12-25)2-4-17/h1-7,11,13,26H,8-10,14-15H2. The molecular formula is C23H20FN3O3S. The number of H-pyrrole nitrogens is 1. The van der Waals surface area contributed by atoms with Crippen molar-refractivity contribution in [3.63, 3.8) is 0 Å². The first-order valence-electron chi connectivity index (χ1n) is 9.78. The van der Waals surface area contributed by atoms with E-state index >= 15 is 0 Å². The van der Waals surface area contributed by atoms with Crippen LogP contribution in [0, 0.1) is 17.1 Å². The van der Waals surface area contributed by atoms with Gasteiger partial charge in [0.05, 0.1) is 17.4 Å². The van der Waals surface area contributed by atoms with Crippen LogP contribution in [0.3, 0.4) is 0 Å². The summed E-state index contributed by atoms with van der Waals surface area (Å²) in [6.07, 6.45) is 4.34. The number of halogens is 1. The molecule has 0 saturated carbocycles. The van der Waals surface area contributed by atoms with Gasteiger partial charge >= 0.3 is 0 Å². The van der Waals surface area contributed by atoms with Crippen LogP contribution < -0.4 is 0 Å². The summed E-state index contributed by atoms with van der Waals surface area (Å²) in [6, 6.07) is 12.9. The lowest BCUT2D eigenvalue weighted by molar-refractivity contribution is -0.128. The zero-order valence-corrected chi connectivity index (χ0v) is 17.5. The van der Waals surface area contributed by atoms with Crippen LogP contribution >= 0.6 is 0 Å². The number of hydrogen-bond acceptors (Lipinski definition) is 4. The number of nitrogens with one attached hydrogen (secondary N) is 1. The van der Waals surface area contributed by atoms with Crippen molar-refractivity contribution in [3.8, 4) is 6.07 Å². The topological polar surface area (TPSA) is 94.0 Å². The second kappa shape index (κ2) is 8.36. The van der Waals surface area contributed by atoms with Gasteiger partial charge in [-0.2, -0.15) is 5.26 Å². The third-order valence-electron chi connectivity index (χ3n) is 5.36. The van der Waals surface area contributed by atoms with E-state index in [1.807, 2.05) is 18.3 Å². The van der Waals surface area contributed by atoms with Crippen LogP contribution in [0.4, 0.5) is 4.39 Å². The zero-order valence-electron chi connectivity index (χ0n) is 16.6. The molecule has 0 radical (unpaired) electrons. The van der Waals surface area contributed by atoms with Gasteiger partial charge < -0.3 is 9.88 Å². The van der Waals surface area contributed by atoms with Crippen LogP contribution in [0.2, 0.25) is 0 Å². The number of aromatic nitrogens is 1. The van der Waals surface area contributed by atoms with Crippen molar-refractivity contribution in [3.05, 3.63) is 77.2 Å². The van der Waals surface area contributed by atoms with Gasteiger partial charge in [-0.15, -0.1) is 0 Å². The monoisotopic (exact) mass is 437 g/mol. The number of carbonyl (C=O) groups excluding carboxylic acids is 1. The van der Waals surface area contributed by atoms with Crippen molar-refractivity contribution < 1.29 is 17.6 Å². The molecule has 1 aliphatic rings. The van der Waals surface area contributed by atoms with Gasteiger partial charge in [-0.3, -0.25) is 4.79 Å². The number of carbonyl (C=O) groups is 1. The van der Waals surface area contributed by atoms with E-state index in [-0.39, 0.29) is 11.6 Å². The lowest BCUT2D eigenvalue weighted by Crippen LogP contribution is -2.38. The summed E-state index contributed by atoms with van der Waals surface area (Å²) in [6.45, 7) is 0.749. The molecular weight excluding hydrogens is 417 g/mol. The predicted molar refractivity (Wildman–Crippen MR) is 116 cm³/mol. The van der Waals surface area contributed by atoms with Crippen molar-refractivity contribution in [2.24, 2.45) is 0 Å². The maximum Gasteiger partial charge on any atom is 0.238 e. The molecule has 1 amide bonds. The summed E-state index contributed by atoms with van der Waals surface area (Å²) >= 11 is 0. The number of sulfone groups is 1. The first-order valence-corrected chi connectivity index (χ1v) is 11.6. The molecule has 6 nitrogen and oxygen atoms in total. The van der Waals surface area contributed by atoms with Gasteiger partial charge in [0.2, 0.25) is 5.91 Å². The highest BCUT2D eigenvalue weighted by Crippen LogP contribution is 2.29. The van der Waals surface area contributed by atoms with Crippen LogP contribution in [0.5, 0.6) is 0 Å². The zero-order chi connectivity index (χ0) is 22.0. The lowest BCUT2D eigenvalue weighted by Gasteiger charge is -2.26. The maximum absolute atomic E-state index is 13.4. The van der Waals surface area contributed by atoms with E-state index in [9.17, 15) is 17.6 Å². The van der Waals surface area contributed by atoms with Crippen LogP contribution in [0.25, 0.3) is 16.5 Å². The Balaban J connectivity index is 1.41. The van der Waals surface area contributed by atoms with E-state index in [1.165, 1.54) is 17.0 Å². The highest BCUT2D eigenvalue weighted by Gasteiger charge is 2.24. The molecule has 0 spiro atoms. The van der Waals surface area contributed by atoms with E-state index in [0.717, 1.165) is 16.5 Å². The Morgan fingerprint density at radius 3 is 2.65 bits per heavy atom. The Bertz CT molecular complexity index is 1320. The number of nitriles is 1. The Hall–Kier alpha value is -3.44. The quantitative estimate of drug-likeness (QED) is 0.662. The molecule has 2 aromatic carbocycles. The van der Waals surface area contributed by atoms with E-state index in [2.05, 4.69) is 4.98 Å². The summed E-state index contributed by atoms with van der Waals surface area (Å²) in [4.78, 5) is 17.2. The number of benzene rings is 2. The number of hydrogen-bond donors (Lipinski definition) is 1.